The third-order valence-corrected chi connectivity index (χ3v) is 4.58. The monoisotopic (exact) mass is 450 g/mol. The molecule has 6 N–H and O–H groups in total. The zero-order chi connectivity index (χ0) is 25.1. The first-order valence-electron chi connectivity index (χ1n) is 10.7. The van der Waals surface area contributed by atoms with Crippen molar-refractivity contribution in [2.75, 3.05) is 71.4 Å². The number of aldehydes is 1. The zero-order valence-electron chi connectivity index (χ0n) is 21.4. The molecule has 8 heteroatoms. The Morgan fingerprint density at radius 1 is 1.22 bits per heavy atom. The number of nitrogens with one attached hydrogen (secondary N) is 2. The van der Waals surface area contributed by atoms with Gasteiger partial charge in [-0.2, -0.15) is 0 Å². The molecule has 0 spiro atoms. The fourth-order valence-corrected chi connectivity index (χ4v) is 2.85. The molecule has 1 aromatic rings. The number of rotatable bonds is 5. The molecule has 1 aromatic carbocycles. The maximum Gasteiger partial charge on any atom is 0.143 e. The van der Waals surface area contributed by atoms with Crippen molar-refractivity contribution in [1.29, 1.82) is 0 Å². The minimum atomic E-state index is 0.639. The number of piperidine rings is 1. The lowest BCUT2D eigenvalue weighted by Crippen LogP contribution is -2.42. The van der Waals surface area contributed by atoms with Crippen molar-refractivity contribution in [2.24, 2.45) is 5.73 Å². The molecule has 0 amide bonds. The number of carbonyl (C=O) groups is 1. The van der Waals surface area contributed by atoms with Gasteiger partial charge >= 0.3 is 0 Å². The van der Waals surface area contributed by atoms with Crippen molar-refractivity contribution >= 4 is 23.3 Å². The van der Waals surface area contributed by atoms with Gasteiger partial charge in [0.2, 0.25) is 0 Å². The summed E-state index contributed by atoms with van der Waals surface area (Å²) in [6, 6.07) is 4.67. The average molecular weight is 451 g/mol. The fourth-order valence-electron chi connectivity index (χ4n) is 2.85. The van der Waals surface area contributed by atoms with Gasteiger partial charge in [-0.15, -0.1) is 0 Å². The lowest BCUT2D eigenvalue weighted by molar-refractivity contribution is -0.104. The van der Waals surface area contributed by atoms with Crippen LogP contribution in [0.2, 0.25) is 0 Å². The number of ether oxygens (including phenoxy) is 1. The molecule has 1 heterocycles. The second-order valence-electron chi connectivity index (χ2n) is 7.66. The van der Waals surface area contributed by atoms with Gasteiger partial charge in [0.05, 0.1) is 24.2 Å². The van der Waals surface area contributed by atoms with Gasteiger partial charge in [-0.3, -0.25) is 4.79 Å². The van der Waals surface area contributed by atoms with Crippen molar-refractivity contribution in [1.82, 2.24) is 10.2 Å². The van der Waals surface area contributed by atoms with Crippen LogP contribution >= 0.6 is 0 Å². The average Bonchev–Trinajstić information content (AvgIpc) is 2.79. The van der Waals surface area contributed by atoms with E-state index in [0.29, 0.717) is 18.0 Å². The molecular formula is C24H46N6O2. The summed E-state index contributed by atoms with van der Waals surface area (Å²) < 4.78 is 5.35. The van der Waals surface area contributed by atoms with Gasteiger partial charge in [0.1, 0.15) is 12.0 Å². The number of carbonyl (C=O) groups excluding carboxylic acids is 1. The number of nitrogens with two attached hydrogens (primary N) is 2. The third-order valence-electron chi connectivity index (χ3n) is 4.58. The Morgan fingerprint density at radius 2 is 1.69 bits per heavy atom. The van der Waals surface area contributed by atoms with Gasteiger partial charge in [-0.1, -0.05) is 12.2 Å². The Labute approximate surface area is 195 Å². The van der Waals surface area contributed by atoms with E-state index >= 15 is 0 Å². The summed E-state index contributed by atoms with van der Waals surface area (Å²) in [7, 11) is 11.7. The fraction of sp³-hybridized carbons (Fsp3) is 0.542. The highest BCUT2D eigenvalue weighted by Crippen LogP contribution is 2.36. The molecule has 0 saturated carbocycles. The van der Waals surface area contributed by atoms with Gasteiger partial charge in [-0.25, -0.2) is 0 Å². The molecule has 0 atom stereocenters. The Morgan fingerprint density at radius 3 is 2.00 bits per heavy atom. The highest BCUT2D eigenvalue weighted by atomic mass is 16.5. The first kappa shape index (κ1) is 31.5. The summed E-state index contributed by atoms with van der Waals surface area (Å²) >= 11 is 0. The normalized spacial score (nSPS) is 12.6. The summed E-state index contributed by atoms with van der Waals surface area (Å²) in [6.45, 7) is 9.15. The summed E-state index contributed by atoms with van der Waals surface area (Å²) in [4.78, 5) is 13.8. The standard InChI is InChI=1S/C15H26N4O.C4H9N.C3H4O.C2H7N/c1-17-13-9-12(16)15(20-4)10-14(13)19-7-5-11(6-8-19)18(2)3;1-4(2)3-5;1-2-3-4;1-3-2/h9-11,17H,5-8,16H2,1-4H3;3H,5H2,1-2H3;2-3H,1H2;3H,1-2H3. The highest BCUT2D eigenvalue weighted by Gasteiger charge is 2.23. The Kier molecular flexibility index (Phi) is 18.7. The zero-order valence-corrected chi connectivity index (χ0v) is 21.4. The van der Waals surface area contributed by atoms with Crippen molar-refractivity contribution in [3.8, 4) is 5.75 Å². The minimum Gasteiger partial charge on any atom is -0.495 e. The molecule has 0 aliphatic carbocycles. The maximum absolute atomic E-state index is 9.06. The maximum atomic E-state index is 9.06. The summed E-state index contributed by atoms with van der Waals surface area (Å²) in [5, 5.41) is 5.98. The molecule has 1 saturated heterocycles. The largest absolute Gasteiger partial charge is 0.495 e. The topological polar surface area (TPSA) is 109 Å². The molecule has 0 unspecified atom stereocenters. The lowest BCUT2D eigenvalue weighted by Gasteiger charge is -2.37. The third kappa shape index (κ3) is 12.9. The molecule has 1 aliphatic heterocycles. The van der Waals surface area contributed by atoms with Gasteiger partial charge in [-0.05, 0) is 73.2 Å². The molecule has 1 fully saturated rings. The van der Waals surface area contributed by atoms with Gasteiger partial charge in [0, 0.05) is 32.2 Å². The van der Waals surface area contributed by atoms with E-state index in [1.165, 1.54) is 24.6 Å². The van der Waals surface area contributed by atoms with E-state index < -0.39 is 0 Å². The summed E-state index contributed by atoms with van der Waals surface area (Å²) in [5.41, 5.74) is 15.1. The van der Waals surface area contributed by atoms with E-state index in [4.69, 9.17) is 21.0 Å². The van der Waals surface area contributed by atoms with Crippen molar-refractivity contribution in [3.63, 3.8) is 0 Å². The van der Waals surface area contributed by atoms with Crippen LogP contribution in [-0.2, 0) is 4.79 Å². The van der Waals surface area contributed by atoms with Crippen LogP contribution < -0.4 is 31.7 Å². The second-order valence-corrected chi connectivity index (χ2v) is 7.66. The van der Waals surface area contributed by atoms with Crippen LogP contribution in [0.1, 0.15) is 26.7 Å². The Hall–Kier alpha value is -2.71. The number of hydrogen-bond donors (Lipinski definition) is 4. The van der Waals surface area contributed by atoms with E-state index in [9.17, 15) is 0 Å². The quantitative estimate of drug-likeness (QED) is 0.308. The number of allylic oxidation sites excluding steroid dienone is 2. The van der Waals surface area contributed by atoms with Crippen LogP contribution in [0.25, 0.3) is 0 Å². The van der Waals surface area contributed by atoms with E-state index in [-0.39, 0.29) is 0 Å². The number of nitrogen functional groups attached to an aromatic ring is 1. The second kappa shape index (κ2) is 19.0. The SMILES string of the molecule is C=CC=O.CC(C)=CN.CNC.CNc1cc(N)c(OC)cc1N1CCC(N(C)C)CC1. The Balaban J connectivity index is 0. The van der Waals surface area contributed by atoms with Crippen LogP contribution in [-0.4, -0.2) is 72.7 Å². The Bertz CT molecular complexity index is 659. The smallest absolute Gasteiger partial charge is 0.143 e. The van der Waals surface area contributed by atoms with Gasteiger partial charge < -0.3 is 36.6 Å². The van der Waals surface area contributed by atoms with E-state index in [0.717, 1.165) is 30.1 Å². The van der Waals surface area contributed by atoms with Crippen LogP contribution in [0.15, 0.2) is 36.6 Å². The van der Waals surface area contributed by atoms with Gasteiger partial charge in [0.15, 0.2) is 0 Å². The first-order chi connectivity index (χ1) is 15.2. The number of nitrogens with zero attached hydrogens (tertiary/aromatic N) is 2. The van der Waals surface area contributed by atoms with E-state index in [1.807, 2.05) is 47.1 Å². The molecular weight excluding hydrogens is 404 g/mol. The van der Waals surface area contributed by atoms with E-state index in [2.05, 4.69) is 41.1 Å². The predicted octanol–water partition coefficient (Wildman–Crippen LogP) is 2.93. The minimum absolute atomic E-state index is 0.639. The van der Waals surface area contributed by atoms with Crippen LogP contribution in [0.3, 0.4) is 0 Å². The summed E-state index contributed by atoms with van der Waals surface area (Å²) in [6.07, 6.45) is 5.78. The van der Waals surface area contributed by atoms with Crippen LogP contribution in [0.4, 0.5) is 17.1 Å². The number of hydrogen-bond acceptors (Lipinski definition) is 8. The molecule has 0 radical (unpaired) electrons. The lowest BCUT2D eigenvalue weighted by atomic mass is 10.0. The van der Waals surface area contributed by atoms with Crippen molar-refractivity contribution in [3.05, 3.63) is 36.6 Å². The van der Waals surface area contributed by atoms with Gasteiger partial charge in [0.25, 0.3) is 0 Å². The van der Waals surface area contributed by atoms with Crippen molar-refractivity contribution < 1.29 is 9.53 Å². The number of anilines is 3. The molecule has 2 rings (SSSR count). The molecule has 1 aliphatic rings. The predicted molar refractivity (Wildman–Crippen MR) is 141 cm³/mol. The number of methoxy groups -OCH3 is 1. The summed E-state index contributed by atoms with van der Waals surface area (Å²) in [5.74, 6) is 0.744. The molecule has 8 nitrogen and oxygen atoms in total. The first-order valence-corrected chi connectivity index (χ1v) is 10.7. The molecule has 184 valence electrons. The van der Waals surface area contributed by atoms with Crippen molar-refractivity contribution in [2.45, 2.75) is 32.7 Å². The molecule has 0 aromatic heterocycles. The van der Waals surface area contributed by atoms with Crippen LogP contribution in [0, 0.1) is 0 Å². The van der Waals surface area contributed by atoms with E-state index in [1.54, 1.807) is 13.3 Å². The molecule has 0 bridgehead atoms. The number of benzene rings is 1. The highest BCUT2D eigenvalue weighted by molar-refractivity contribution is 5.78. The van der Waals surface area contributed by atoms with Crippen LogP contribution in [0.5, 0.6) is 5.75 Å². The molecule has 32 heavy (non-hydrogen) atoms.